The van der Waals surface area contributed by atoms with E-state index in [0.29, 0.717) is 19.5 Å². The highest BCUT2D eigenvalue weighted by Gasteiger charge is 2.45. The molecular weight excluding hydrogens is 376 g/mol. The number of β-amino-alcohol motifs (C(OH)–C–C–N with tert-alkyl or cyclic N) is 1. The number of aromatic nitrogens is 4. The maximum atomic E-state index is 12.9. The monoisotopic (exact) mass is 398 g/mol. The first-order valence-electron chi connectivity index (χ1n) is 9.12. The Morgan fingerprint density at radius 3 is 2.86 bits per heavy atom. The zero-order valence-corrected chi connectivity index (χ0v) is 16.3. The molecule has 3 aromatic rings. The second kappa shape index (κ2) is 7.69. The predicted molar refractivity (Wildman–Crippen MR) is 106 cm³/mol. The van der Waals surface area contributed by atoms with E-state index >= 15 is 0 Å². The summed E-state index contributed by atoms with van der Waals surface area (Å²) in [5.74, 6) is 0.615. The summed E-state index contributed by atoms with van der Waals surface area (Å²) >= 11 is 1.44. The SMILES string of the molecule is Cc1nccn1CC(=O)N[C@@]1(c2ccccc2)CCN(c2nncs2)C[C@H]1O. The topological polar surface area (TPSA) is 96.2 Å². The lowest BCUT2D eigenvalue weighted by Crippen LogP contribution is -2.62. The van der Waals surface area contributed by atoms with Crippen LogP contribution in [0, 0.1) is 6.92 Å². The average molecular weight is 398 g/mol. The third kappa shape index (κ3) is 3.50. The standard InChI is InChI=1S/C19H22N6O2S/c1-14-20-8-10-24(14)12-17(27)22-19(15-5-3-2-4-6-15)7-9-25(11-16(19)26)18-23-21-13-28-18/h2-6,8,10,13,16,26H,7,9,11-12H2,1H3,(H,22,27)/t16-,19-/m1/s1. The van der Waals surface area contributed by atoms with Crippen LogP contribution in [0.25, 0.3) is 0 Å². The minimum absolute atomic E-state index is 0.159. The molecule has 1 fully saturated rings. The number of carbonyl (C=O) groups is 1. The number of aliphatic hydroxyl groups excluding tert-OH is 1. The molecule has 1 saturated heterocycles. The average Bonchev–Trinajstić information content (AvgIpc) is 3.37. The zero-order chi connectivity index (χ0) is 19.6. The zero-order valence-electron chi connectivity index (χ0n) is 15.5. The number of imidazole rings is 1. The van der Waals surface area contributed by atoms with Gasteiger partial charge in [0.1, 0.15) is 17.9 Å². The van der Waals surface area contributed by atoms with Gasteiger partial charge in [-0.2, -0.15) is 0 Å². The van der Waals surface area contributed by atoms with E-state index in [9.17, 15) is 9.90 Å². The predicted octanol–water partition coefficient (Wildman–Crippen LogP) is 1.33. The number of hydrogen-bond acceptors (Lipinski definition) is 7. The summed E-state index contributed by atoms with van der Waals surface area (Å²) in [7, 11) is 0. The Hall–Kier alpha value is -2.78. The number of nitrogens with one attached hydrogen (secondary N) is 1. The van der Waals surface area contributed by atoms with Crippen LogP contribution in [0.2, 0.25) is 0 Å². The van der Waals surface area contributed by atoms with E-state index in [-0.39, 0.29) is 12.5 Å². The number of amides is 1. The third-order valence-electron chi connectivity index (χ3n) is 5.25. The first-order valence-corrected chi connectivity index (χ1v) is 10.00. The molecule has 0 bridgehead atoms. The number of aliphatic hydroxyl groups is 1. The largest absolute Gasteiger partial charge is 0.388 e. The summed E-state index contributed by atoms with van der Waals surface area (Å²) in [6.45, 7) is 3.04. The lowest BCUT2D eigenvalue weighted by molar-refractivity contribution is -0.126. The maximum absolute atomic E-state index is 12.9. The van der Waals surface area contributed by atoms with Crippen molar-refractivity contribution in [3.05, 3.63) is 59.6 Å². The minimum atomic E-state index is -0.853. The molecule has 3 heterocycles. The van der Waals surface area contributed by atoms with E-state index in [4.69, 9.17) is 0 Å². The molecule has 0 radical (unpaired) electrons. The van der Waals surface area contributed by atoms with E-state index in [1.807, 2.05) is 42.2 Å². The molecule has 4 rings (SSSR count). The molecule has 146 valence electrons. The number of rotatable bonds is 5. The molecule has 28 heavy (non-hydrogen) atoms. The Labute approximate surface area is 166 Å². The Bertz CT molecular complexity index is 929. The van der Waals surface area contributed by atoms with Crippen LogP contribution in [0.3, 0.4) is 0 Å². The van der Waals surface area contributed by atoms with Crippen molar-refractivity contribution in [3.63, 3.8) is 0 Å². The Morgan fingerprint density at radius 2 is 2.21 bits per heavy atom. The van der Waals surface area contributed by atoms with Crippen LogP contribution in [0.1, 0.15) is 17.8 Å². The Morgan fingerprint density at radius 1 is 1.39 bits per heavy atom. The van der Waals surface area contributed by atoms with Crippen molar-refractivity contribution >= 4 is 22.4 Å². The number of benzene rings is 1. The van der Waals surface area contributed by atoms with Gasteiger partial charge < -0.3 is 19.9 Å². The first kappa shape index (κ1) is 18.6. The Balaban J connectivity index is 1.59. The maximum Gasteiger partial charge on any atom is 0.240 e. The molecule has 9 heteroatoms. The van der Waals surface area contributed by atoms with E-state index in [1.165, 1.54) is 11.3 Å². The first-order chi connectivity index (χ1) is 13.6. The fraction of sp³-hybridized carbons (Fsp3) is 0.368. The molecule has 2 atom stereocenters. The molecule has 1 aliphatic heterocycles. The van der Waals surface area contributed by atoms with Crippen molar-refractivity contribution in [1.82, 2.24) is 25.1 Å². The highest BCUT2D eigenvalue weighted by Crippen LogP contribution is 2.35. The van der Waals surface area contributed by atoms with Crippen molar-refractivity contribution < 1.29 is 9.90 Å². The number of carbonyl (C=O) groups excluding carboxylic acids is 1. The van der Waals surface area contributed by atoms with Gasteiger partial charge in [-0.1, -0.05) is 41.7 Å². The second-order valence-electron chi connectivity index (χ2n) is 6.92. The van der Waals surface area contributed by atoms with Crippen LogP contribution in [-0.2, 0) is 16.9 Å². The van der Waals surface area contributed by atoms with Crippen molar-refractivity contribution in [2.24, 2.45) is 0 Å². The number of anilines is 1. The smallest absolute Gasteiger partial charge is 0.240 e. The molecule has 1 amide bonds. The molecule has 0 aliphatic carbocycles. The number of hydrogen-bond donors (Lipinski definition) is 2. The van der Waals surface area contributed by atoms with Crippen LogP contribution < -0.4 is 10.2 Å². The molecular formula is C19H22N6O2S. The summed E-state index contributed by atoms with van der Waals surface area (Å²) in [4.78, 5) is 19.0. The van der Waals surface area contributed by atoms with Crippen molar-refractivity contribution in [1.29, 1.82) is 0 Å². The van der Waals surface area contributed by atoms with E-state index in [0.717, 1.165) is 16.5 Å². The highest BCUT2D eigenvalue weighted by molar-refractivity contribution is 7.13. The van der Waals surface area contributed by atoms with E-state index < -0.39 is 11.6 Å². The molecule has 0 unspecified atom stereocenters. The van der Waals surface area contributed by atoms with Gasteiger partial charge in [-0.15, -0.1) is 10.2 Å². The fourth-order valence-electron chi connectivity index (χ4n) is 3.72. The fourth-order valence-corrected chi connectivity index (χ4v) is 4.31. The third-order valence-corrected chi connectivity index (χ3v) is 6.00. The number of nitrogens with zero attached hydrogens (tertiary/aromatic N) is 5. The molecule has 0 spiro atoms. The van der Waals surface area contributed by atoms with Gasteiger partial charge in [-0.25, -0.2) is 4.98 Å². The van der Waals surface area contributed by atoms with Gasteiger partial charge in [0.05, 0.1) is 11.6 Å². The lowest BCUT2D eigenvalue weighted by Gasteiger charge is -2.46. The lowest BCUT2D eigenvalue weighted by atomic mass is 9.78. The molecule has 1 aromatic carbocycles. The van der Waals surface area contributed by atoms with Crippen LogP contribution in [0.5, 0.6) is 0 Å². The van der Waals surface area contributed by atoms with Crippen molar-refractivity contribution in [3.8, 4) is 0 Å². The normalized spacial score (nSPS) is 22.2. The van der Waals surface area contributed by atoms with Gasteiger partial charge in [-0.3, -0.25) is 4.79 Å². The van der Waals surface area contributed by atoms with Gasteiger partial charge in [0, 0.05) is 25.5 Å². The quantitative estimate of drug-likeness (QED) is 0.673. The number of aryl methyl sites for hydroxylation is 1. The van der Waals surface area contributed by atoms with Gasteiger partial charge in [-0.05, 0) is 18.9 Å². The highest BCUT2D eigenvalue weighted by atomic mass is 32.1. The minimum Gasteiger partial charge on any atom is -0.388 e. The summed E-state index contributed by atoms with van der Waals surface area (Å²) in [6.07, 6.45) is 3.22. The van der Waals surface area contributed by atoms with Gasteiger partial charge in [0.25, 0.3) is 0 Å². The Kier molecular flexibility index (Phi) is 5.10. The van der Waals surface area contributed by atoms with Gasteiger partial charge in [0.2, 0.25) is 11.0 Å². The van der Waals surface area contributed by atoms with Crippen molar-refractivity contribution in [2.75, 3.05) is 18.0 Å². The number of piperidine rings is 1. The molecule has 2 aromatic heterocycles. The van der Waals surface area contributed by atoms with E-state index in [1.54, 1.807) is 22.5 Å². The van der Waals surface area contributed by atoms with E-state index in [2.05, 4.69) is 20.5 Å². The summed E-state index contributed by atoms with van der Waals surface area (Å²) in [6, 6.07) is 9.68. The summed E-state index contributed by atoms with van der Waals surface area (Å²) in [5, 5.41) is 23.0. The van der Waals surface area contributed by atoms with Crippen LogP contribution in [0.15, 0.2) is 48.2 Å². The van der Waals surface area contributed by atoms with Gasteiger partial charge >= 0.3 is 0 Å². The summed E-state index contributed by atoms with van der Waals surface area (Å²) < 4.78 is 1.79. The van der Waals surface area contributed by atoms with Crippen LogP contribution >= 0.6 is 11.3 Å². The molecule has 2 N–H and O–H groups in total. The van der Waals surface area contributed by atoms with Crippen LogP contribution in [0.4, 0.5) is 5.13 Å². The van der Waals surface area contributed by atoms with Crippen LogP contribution in [-0.4, -0.2) is 50.0 Å². The molecule has 8 nitrogen and oxygen atoms in total. The second-order valence-corrected chi connectivity index (χ2v) is 7.73. The summed E-state index contributed by atoms with van der Waals surface area (Å²) in [5.41, 5.74) is 1.72. The van der Waals surface area contributed by atoms with Gasteiger partial charge in [0.15, 0.2) is 0 Å². The molecule has 1 aliphatic rings. The molecule has 0 saturated carbocycles. The van der Waals surface area contributed by atoms with Crippen molar-refractivity contribution in [2.45, 2.75) is 31.5 Å².